The third-order valence-electron chi connectivity index (χ3n) is 5.40. The van der Waals surface area contributed by atoms with Gasteiger partial charge in [-0.25, -0.2) is 9.97 Å². The Bertz CT molecular complexity index is 1250. The van der Waals surface area contributed by atoms with Crippen molar-refractivity contribution in [2.75, 3.05) is 31.9 Å². The molecule has 0 bridgehead atoms. The minimum atomic E-state index is -4.63. The predicted molar refractivity (Wildman–Crippen MR) is 126 cm³/mol. The van der Waals surface area contributed by atoms with Gasteiger partial charge < -0.3 is 25.3 Å². The molecule has 3 rings (SSSR count). The van der Waals surface area contributed by atoms with Crippen LogP contribution in [-0.4, -0.2) is 49.1 Å². The highest BCUT2D eigenvalue weighted by atomic mass is 19.4. The lowest BCUT2D eigenvalue weighted by Crippen LogP contribution is -2.36. The summed E-state index contributed by atoms with van der Waals surface area (Å²) in [7, 11) is 2.26. The lowest BCUT2D eigenvalue weighted by atomic mass is 10.0. The number of methoxy groups -OCH3 is 2. The van der Waals surface area contributed by atoms with Crippen LogP contribution in [0.15, 0.2) is 30.3 Å². The van der Waals surface area contributed by atoms with Crippen LogP contribution >= 0.6 is 0 Å². The number of anilines is 2. The van der Waals surface area contributed by atoms with Crippen LogP contribution in [0.1, 0.15) is 23.9 Å². The summed E-state index contributed by atoms with van der Waals surface area (Å²) in [6.45, 7) is 2.57. The number of ether oxygens (including phenoxy) is 3. The highest BCUT2D eigenvalue weighted by Crippen LogP contribution is 2.36. The Balaban J connectivity index is 1.91. The molecule has 2 unspecified atom stereocenters. The zero-order valence-electron chi connectivity index (χ0n) is 20.4. The Kier molecular flexibility index (Phi) is 8.25. The molecule has 2 atom stereocenters. The van der Waals surface area contributed by atoms with Gasteiger partial charge in [-0.3, -0.25) is 0 Å². The number of nitrogens with zero attached hydrogens (tertiary/aromatic N) is 2. The molecule has 0 fully saturated rings. The molecule has 0 aliphatic rings. The lowest BCUT2D eigenvalue weighted by molar-refractivity contribution is -0.219. The van der Waals surface area contributed by atoms with E-state index in [1.807, 2.05) is 0 Å². The molecule has 2 aromatic carbocycles. The quantitative estimate of drug-likeness (QED) is 0.276. The number of rotatable bonds is 9. The van der Waals surface area contributed by atoms with Crippen molar-refractivity contribution in [3.8, 4) is 11.5 Å². The van der Waals surface area contributed by atoms with Gasteiger partial charge in [-0.15, -0.1) is 0 Å². The molecule has 0 spiro atoms. The van der Waals surface area contributed by atoms with Crippen LogP contribution < -0.4 is 20.5 Å². The number of alkyl halides is 6. The van der Waals surface area contributed by atoms with E-state index in [-0.39, 0.29) is 23.6 Å². The number of fused-ring (bicyclic) bond motifs is 1. The average molecular weight is 532 g/mol. The smallest absolute Gasteiger partial charge is 0.417 e. The molecule has 0 saturated carbocycles. The number of hydrogen-bond donors (Lipinski definition) is 2. The molecule has 0 amide bonds. The van der Waals surface area contributed by atoms with E-state index in [9.17, 15) is 26.3 Å². The fourth-order valence-corrected chi connectivity index (χ4v) is 3.73. The number of hydrogen-bond acceptors (Lipinski definition) is 7. The number of nitrogens with two attached hydrogens (primary N) is 1. The van der Waals surface area contributed by atoms with Gasteiger partial charge in [0.2, 0.25) is 0 Å². The third kappa shape index (κ3) is 7.06. The average Bonchev–Trinajstić information content (AvgIpc) is 2.77. The van der Waals surface area contributed by atoms with Crippen molar-refractivity contribution in [1.82, 2.24) is 9.97 Å². The highest BCUT2D eigenvalue weighted by molar-refractivity contribution is 5.92. The highest BCUT2D eigenvalue weighted by Gasteiger charge is 2.40. The standard InChI is InChI=1S/C24H26F6N4O3/c1-12(5-14-6-15(23(25,26)27)8-16(31)7-14)32-22-17-9-20(37-11-21(36-4)24(28,29)30)19(35-3)10-18(17)33-13(2)34-22/h6-10,12,21H,5,11,31H2,1-4H3,(H,32,33,34). The van der Waals surface area contributed by atoms with Gasteiger partial charge in [-0.05, 0) is 50.1 Å². The molecule has 1 aromatic heterocycles. The second-order valence-corrected chi connectivity index (χ2v) is 8.43. The molecule has 7 nitrogen and oxygen atoms in total. The van der Waals surface area contributed by atoms with E-state index in [4.69, 9.17) is 15.2 Å². The molecule has 0 aliphatic carbocycles. The largest absolute Gasteiger partial charge is 0.493 e. The van der Waals surface area contributed by atoms with Gasteiger partial charge in [0.25, 0.3) is 0 Å². The number of aromatic nitrogens is 2. The van der Waals surface area contributed by atoms with Crippen molar-refractivity contribution >= 4 is 22.4 Å². The van der Waals surface area contributed by atoms with Crippen molar-refractivity contribution in [2.24, 2.45) is 0 Å². The van der Waals surface area contributed by atoms with E-state index in [0.717, 1.165) is 19.2 Å². The zero-order chi connectivity index (χ0) is 27.5. The van der Waals surface area contributed by atoms with Crippen molar-refractivity contribution in [3.05, 3.63) is 47.3 Å². The molecule has 3 N–H and O–H groups in total. The zero-order valence-corrected chi connectivity index (χ0v) is 20.4. The van der Waals surface area contributed by atoms with Crippen molar-refractivity contribution < 1.29 is 40.6 Å². The molecule has 1 heterocycles. The summed E-state index contributed by atoms with van der Waals surface area (Å²) >= 11 is 0. The summed E-state index contributed by atoms with van der Waals surface area (Å²) in [6, 6.07) is 5.88. The van der Waals surface area contributed by atoms with Crippen LogP contribution in [-0.2, 0) is 17.3 Å². The van der Waals surface area contributed by atoms with Gasteiger partial charge in [-0.2, -0.15) is 26.3 Å². The maximum atomic E-state index is 13.2. The summed E-state index contributed by atoms with van der Waals surface area (Å²) in [5.74, 6) is 0.871. The van der Waals surface area contributed by atoms with Crippen LogP contribution in [0.3, 0.4) is 0 Å². The topological polar surface area (TPSA) is 91.5 Å². The van der Waals surface area contributed by atoms with E-state index in [1.165, 1.54) is 25.3 Å². The van der Waals surface area contributed by atoms with Crippen molar-refractivity contribution in [2.45, 2.75) is 44.8 Å². The van der Waals surface area contributed by atoms with Crippen LogP contribution in [0.25, 0.3) is 10.9 Å². The predicted octanol–water partition coefficient (Wildman–Crippen LogP) is 5.55. The first-order chi connectivity index (χ1) is 17.2. The fourth-order valence-electron chi connectivity index (χ4n) is 3.73. The molecular formula is C24H26F6N4O3. The van der Waals surface area contributed by atoms with Crippen molar-refractivity contribution in [3.63, 3.8) is 0 Å². The van der Waals surface area contributed by atoms with E-state index in [1.54, 1.807) is 13.8 Å². The van der Waals surface area contributed by atoms with E-state index in [2.05, 4.69) is 20.0 Å². The van der Waals surface area contributed by atoms with E-state index >= 15 is 0 Å². The molecule has 37 heavy (non-hydrogen) atoms. The summed E-state index contributed by atoms with van der Waals surface area (Å²) in [6.07, 6.45) is -11.1. The number of benzene rings is 2. The minimum absolute atomic E-state index is 0.00936. The second kappa shape index (κ2) is 10.9. The van der Waals surface area contributed by atoms with Gasteiger partial charge in [0.15, 0.2) is 17.6 Å². The molecule has 202 valence electrons. The van der Waals surface area contributed by atoms with E-state index < -0.39 is 36.7 Å². The number of nitrogens with one attached hydrogen (secondary N) is 1. The Morgan fingerprint density at radius 3 is 2.27 bits per heavy atom. The molecular weight excluding hydrogens is 506 g/mol. The monoisotopic (exact) mass is 532 g/mol. The summed E-state index contributed by atoms with van der Waals surface area (Å²) in [5, 5.41) is 3.56. The number of halogens is 6. The molecule has 3 aromatic rings. The van der Waals surface area contributed by atoms with Crippen LogP contribution in [0.4, 0.5) is 37.8 Å². The molecule has 0 aliphatic heterocycles. The Labute approximate surface area is 208 Å². The summed E-state index contributed by atoms with van der Waals surface area (Å²) in [5.41, 5.74) is 5.60. The van der Waals surface area contributed by atoms with Gasteiger partial charge in [0, 0.05) is 30.3 Å². The Morgan fingerprint density at radius 2 is 1.68 bits per heavy atom. The van der Waals surface area contributed by atoms with Crippen molar-refractivity contribution in [1.29, 1.82) is 0 Å². The number of aryl methyl sites for hydroxylation is 1. The SMILES string of the molecule is COc1cc2nc(C)nc(NC(C)Cc3cc(N)cc(C(F)(F)F)c3)c2cc1OCC(OC)C(F)(F)F. The molecule has 13 heteroatoms. The Hall–Kier alpha value is -3.48. The van der Waals surface area contributed by atoms with Crippen LogP contribution in [0.2, 0.25) is 0 Å². The number of nitrogen functional groups attached to an aromatic ring is 1. The Morgan fingerprint density at radius 1 is 0.973 bits per heavy atom. The normalized spacial score (nSPS) is 13.9. The second-order valence-electron chi connectivity index (χ2n) is 8.43. The maximum absolute atomic E-state index is 13.2. The molecule has 0 radical (unpaired) electrons. The van der Waals surface area contributed by atoms with Gasteiger partial charge >= 0.3 is 12.4 Å². The van der Waals surface area contributed by atoms with Crippen LogP contribution in [0.5, 0.6) is 11.5 Å². The van der Waals surface area contributed by atoms with Gasteiger partial charge in [0.05, 0.1) is 18.2 Å². The summed E-state index contributed by atoms with van der Waals surface area (Å²) < 4.78 is 93.8. The first-order valence-corrected chi connectivity index (χ1v) is 11.0. The third-order valence-corrected chi connectivity index (χ3v) is 5.40. The first-order valence-electron chi connectivity index (χ1n) is 11.0. The lowest BCUT2D eigenvalue weighted by Gasteiger charge is -2.21. The maximum Gasteiger partial charge on any atom is 0.417 e. The fraction of sp³-hybridized carbons (Fsp3) is 0.417. The van der Waals surface area contributed by atoms with Gasteiger partial charge in [0.1, 0.15) is 18.2 Å². The summed E-state index contributed by atoms with van der Waals surface area (Å²) in [4.78, 5) is 8.72. The van der Waals surface area contributed by atoms with Gasteiger partial charge in [-0.1, -0.05) is 0 Å². The first kappa shape index (κ1) is 28.1. The molecule has 0 saturated heterocycles. The minimum Gasteiger partial charge on any atom is -0.493 e. The van der Waals surface area contributed by atoms with Crippen LogP contribution in [0, 0.1) is 6.92 Å². The van der Waals surface area contributed by atoms with E-state index in [0.29, 0.717) is 28.1 Å².